The van der Waals surface area contributed by atoms with Crippen LogP contribution in [0.1, 0.15) is 30.9 Å². The van der Waals surface area contributed by atoms with Crippen molar-refractivity contribution in [3.8, 4) is 0 Å². The highest BCUT2D eigenvalue weighted by molar-refractivity contribution is 5.73. The highest BCUT2D eigenvalue weighted by atomic mass is 16.6. The van der Waals surface area contributed by atoms with E-state index in [4.69, 9.17) is 0 Å². The van der Waals surface area contributed by atoms with Crippen molar-refractivity contribution in [1.29, 1.82) is 0 Å². The van der Waals surface area contributed by atoms with Crippen molar-refractivity contribution in [3.05, 3.63) is 33.4 Å². The lowest BCUT2D eigenvalue weighted by Crippen LogP contribution is -2.41. The fraction of sp³-hybridized carbons (Fsp3) is 0.533. The van der Waals surface area contributed by atoms with E-state index in [2.05, 4.69) is 5.32 Å². The molecule has 1 amide bonds. The summed E-state index contributed by atoms with van der Waals surface area (Å²) >= 11 is 0. The number of nitrogens with one attached hydrogen (secondary N) is 1. The van der Waals surface area contributed by atoms with Gasteiger partial charge in [-0.25, -0.2) is 0 Å². The first-order chi connectivity index (χ1) is 9.88. The van der Waals surface area contributed by atoms with Gasteiger partial charge >= 0.3 is 0 Å². The first-order valence-corrected chi connectivity index (χ1v) is 7.16. The molecule has 1 aromatic rings. The topological polar surface area (TPSA) is 75.5 Å². The molecule has 0 aromatic heterocycles. The van der Waals surface area contributed by atoms with Gasteiger partial charge in [0.25, 0.3) is 5.69 Å². The summed E-state index contributed by atoms with van der Waals surface area (Å²) in [4.78, 5) is 24.0. The number of likely N-dealkylation sites (tertiary alicyclic amines) is 1. The van der Waals surface area contributed by atoms with E-state index < -0.39 is 0 Å². The van der Waals surface area contributed by atoms with Crippen molar-refractivity contribution >= 4 is 17.3 Å². The van der Waals surface area contributed by atoms with Gasteiger partial charge in [-0.1, -0.05) is 0 Å². The zero-order valence-corrected chi connectivity index (χ0v) is 12.7. The first kappa shape index (κ1) is 15.3. The average Bonchev–Trinajstić information content (AvgIpc) is 2.43. The Hall–Kier alpha value is -2.11. The molecule has 0 bridgehead atoms. The summed E-state index contributed by atoms with van der Waals surface area (Å²) in [7, 11) is 0. The van der Waals surface area contributed by atoms with E-state index >= 15 is 0 Å². The lowest BCUT2D eigenvalue weighted by Gasteiger charge is -2.32. The quantitative estimate of drug-likeness (QED) is 0.686. The van der Waals surface area contributed by atoms with Gasteiger partial charge in [0.2, 0.25) is 5.91 Å². The molecule has 21 heavy (non-hydrogen) atoms. The van der Waals surface area contributed by atoms with Crippen molar-refractivity contribution < 1.29 is 9.72 Å². The predicted octanol–water partition coefficient (Wildman–Crippen LogP) is 2.63. The van der Waals surface area contributed by atoms with Crippen LogP contribution in [0.5, 0.6) is 0 Å². The van der Waals surface area contributed by atoms with Crippen molar-refractivity contribution in [2.75, 3.05) is 18.4 Å². The minimum Gasteiger partial charge on any atom is -0.377 e. The van der Waals surface area contributed by atoms with Crippen LogP contribution < -0.4 is 5.32 Å². The van der Waals surface area contributed by atoms with Crippen LogP contribution in [-0.2, 0) is 4.79 Å². The Labute approximate surface area is 124 Å². The van der Waals surface area contributed by atoms with Crippen molar-refractivity contribution in [2.45, 2.75) is 39.7 Å². The van der Waals surface area contributed by atoms with Crippen molar-refractivity contribution in [1.82, 2.24) is 4.90 Å². The van der Waals surface area contributed by atoms with Crippen LogP contribution in [0.15, 0.2) is 12.1 Å². The number of nitrogens with zero attached hydrogens (tertiary/aromatic N) is 2. The summed E-state index contributed by atoms with van der Waals surface area (Å²) in [5.74, 6) is 0.0885. The Morgan fingerprint density at radius 2 is 1.86 bits per heavy atom. The van der Waals surface area contributed by atoms with Gasteiger partial charge in [-0.3, -0.25) is 14.9 Å². The van der Waals surface area contributed by atoms with Crippen LogP contribution in [0.4, 0.5) is 11.4 Å². The normalized spacial score (nSPS) is 15.9. The molecule has 0 saturated carbocycles. The molecule has 6 nitrogen and oxygen atoms in total. The maximum absolute atomic E-state index is 11.3. The van der Waals surface area contributed by atoms with Crippen LogP contribution in [0, 0.1) is 24.0 Å². The predicted molar refractivity (Wildman–Crippen MR) is 81.5 cm³/mol. The first-order valence-electron chi connectivity index (χ1n) is 7.16. The highest BCUT2D eigenvalue weighted by Crippen LogP contribution is 2.29. The number of hydrogen-bond donors (Lipinski definition) is 1. The average molecular weight is 291 g/mol. The smallest absolute Gasteiger partial charge is 0.292 e. The summed E-state index contributed by atoms with van der Waals surface area (Å²) in [6.07, 6.45) is 1.62. The maximum Gasteiger partial charge on any atom is 0.292 e. The molecule has 1 aromatic carbocycles. The van der Waals surface area contributed by atoms with E-state index in [0.717, 1.165) is 24.0 Å². The largest absolute Gasteiger partial charge is 0.377 e. The van der Waals surface area contributed by atoms with Gasteiger partial charge in [-0.05, 0) is 43.9 Å². The molecular weight excluding hydrogens is 270 g/mol. The number of benzene rings is 1. The summed E-state index contributed by atoms with van der Waals surface area (Å²) < 4.78 is 0. The van der Waals surface area contributed by atoms with Crippen molar-refractivity contribution in [3.63, 3.8) is 0 Å². The molecule has 2 rings (SSSR count). The Balaban J connectivity index is 2.11. The molecule has 1 aliphatic heterocycles. The van der Waals surface area contributed by atoms with E-state index in [0.29, 0.717) is 18.8 Å². The Morgan fingerprint density at radius 3 is 2.38 bits per heavy atom. The molecule has 6 heteroatoms. The van der Waals surface area contributed by atoms with Crippen LogP contribution in [-0.4, -0.2) is 34.9 Å². The van der Waals surface area contributed by atoms with E-state index in [-0.39, 0.29) is 22.6 Å². The third-order valence-electron chi connectivity index (χ3n) is 4.11. The summed E-state index contributed by atoms with van der Waals surface area (Å²) in [6.45, 7) is 6.79. The summed E-state index contributed by atoms with van der Waals surface area (Å²) in [5, 5.41) is 14.5. The van der Waals surface area contributed by atoms with E-state index in [1.165, 1.54) is 0 Å². The van der Waals surface area contributed by atoms with Crippen LogP contribution in [0.3, 0.4) is 0 Å². The van der Waals surface area contributed by atoms with Gasteiger partial charge in [0, 0.05) is 32.1 Å². The number of carbonyl (C=O) groups excluding carboxylic acids is 1. The second-order valence-corrected chi connectivity index (χ2v) is 5.64. The van der Waals surface area contributed by atoms with E-state index in [1.54, 1.807) is 13.0 Å². The lowest BCUT2D eigenvalue weighted by atomic mass is 10.0. The number of piperidine rings is 1. The number of nitro groups is 1. The molecule has 114 valence electrons. The van der Waals surface area contributed by atoms with Gasteiger partial charge in [-0.15, -0.1) is 0 Å². The zero-order chi connectivity index (χ0) is 15.6. The molecule has 0 atom stereocenters. The Bertz CT molecular complexity index is 564. The molecule has 1 N–H and O–H groups in total. The molecule has 0 aliphatic carbocycles. The molecular formula is C15H21N3O3. The second-order valence-electron chi connectivity index (χ2n) is 5.64. The van der Waals surface area contributed by atoms with Crippen molar-refractivity contribution in [2.24, 2.45) is 0 Å². The number of carbonyl (C=O) groups is 1. The van der Waals surface area contributed by atoms with Crippen LogP contribution in [0.2, 0.25) is 0 Å². The molecule has 0 radical (unpaired) electrons. The van der Waals surface area contributed by atoms with Gasteiger partial charge in [0.15, 0.2) is 0 Å². The van der Waals surface area contributed by atoms with E-state index in [1.807, 2.05) is 24.8 Å². The zero-order valence-electron chi connectivity index (χ0n) is 12.7. The number of nitro benzene ring substituents is 1. The summed E-state index contributed by atoms with van der Waals surface area (Å²) in [5.41, 5.74) is 2.64. The standard InChI is InChI=1S/C15H21N3O3/c1-10-8-14(15(18(20)21)9-11(10)2)16-13-4-6-17(7-5-13)12(3)19/h8-9,13,16H,4-7H2,1-3H3. The Morgan fingerprint density at radius 1 is 1.29 bits per heavy atom. The second kappa shape index (κ2) is 6.11. The molecule has 1 heterocycles. The van der Waals surface area contributed by atoms with Gasteiger partial charge in [-0.2, -0.15) is 0 Å². The number of hydrogen-bond acceptors (Lipinski definition) is 4. The van der Waals surface area contributed by atoms with Gasteiger partial charge in [0.1, 0.15) is 5.69 Å². The van der Waals surface area contributed by atoms with E-state index in [9.17, 15) is 14.9 Å². The SMILES string of the molecule is CC(=O)N1CCC(Nc2cc(C)c(C)cc2[N+](=O)[O-])CC1. The molecule has 1 saturated heterocycles. The molecule has 0 unspecified atom stereocenters. The van der Waals surface area contributed by atoms with Crippen LogP contribution in [0.25, 0.3) is 0 Å². The summed E-state index contributed by atoms with van der Waals surface area (Å²) in [6, 6.07) is 3.62. The maximum atomic E-state index is 11.3. The molecule has 0 spiro atoms. The third kappa shape index (κ3) is 3.51. The highest BCUT2D eigenvalue weighted by Gasteiger charge is 2.23. The number of anilines is 1. The molecule has 1 aliphatic rings. The lowest BCUT2D eigenvalue weighted by molar-refractivity contribution is -0.384. The Kier molecular flexibility index (Phi) is 4.45. The molecule has 1 fully saturated rings. The minimum atomic E-state index is -0.348. The third-order valence-corrected chi connectivity index (χ3v) is 4.11. The number of rotatable bonds is 3. The number of amides is 1. The monoisotopic (exact) mass is 291 g/mol. The number of aryl methyl sites for hydroxylation is 2. The van der Waals surface area contributed by atoms with Crippen LogP contribution >= 0.6 is 0 Å². The minimum absolute atomic E-state index is 0.0885. The fourth-order valence-corrected chi connectivity index (χ4v) is 2.63. The van der Waals surface area contributed by atoms with Gasteiger partial charge < -0.3 is 10.2 Å². The van der Waals surface area contributed by atoms with Gasteiger partial charge in [0.05, 0.1) is 4.92 Å². The fourth-order valence-electron chi connectivity index (χ4n) is 2.63.